The summed E-state index contributed by atoms with van der Waals surface area (Å²) in [6, 6.07) is 0. The molecule has 0 aliphatic carbocycles. The van der Waals surface area contributed by atoms with E-state index in [2.05, 4.69) is 15.3 Å². The van der Waals surface area contributed by atoms with Crippen LogP contribution in [-0.2, 0) is 4.74 Å². The van der Waals surface area contributed by atoms with Crippen LogP contribution in [0.15, 0.2) is 6.33 Å². The summed E-state index contributed by atoms with van der Waals surface area (Å²) >= 11 is 5.77. The average molecular weight is 273 g/mol. The molecule has 0 fully saturated rings. The zero-order valence-corrected chi connectivity index (χ0v) is 11.3. The van der Waals surface area contributed by atoms with E-state index in [1.807, 2.05) is 19.0 Å². The maximum atomic E-state index is 10.8. The second-order valence-electron chi connectivity index (χ2n) is 3.89. The molecule has 6 nitrogen and oxygen atoms in total. The molecule has 1 aromatic rings. The number of carbonyl (C=O) groups is 1. The van der Waals surface area contributed by atoms with Gasteiger partial charge in [0.15, 0.2) is 6.29 Å². The zero-order chi connectivity index (χ0) is 13.4. The number of rotatable bonds is 8. The molecule has 0 atom stereocenters. The second kappa shape index (κ2) is 7.97. The molecule has 0 aliphatic rings. The number of halogens is 1. The van der Waals surface area contributed by atoms with Crippen molar-refractivity contribution in [2.45, 2.75) is 0 Å². The van der Waals surface area contributed by atoms with Gasteiger partial charge in [-0.15, -0.1) is 0 Å². The lowest BCUT2D eigenvalue weighted by atomic mass is 10.3. The van der Waals surface area contributed by atoms with Crippen molar-refractivity contribution in [1.82, 2.24) is 14.9 Å². The van der Waals surface area contributed by atoms with Crippen LogP contribution >= 0.6 is 11.6 Å². The topological polar surface area (TPSA) is 67.3 Å². The zero-order valence-electron chi connectivity index (χ0n) is 10.5. The van der Waals surface area contributed by atoms with E-state index in [0.29, 0.717) is 31.9 Å². The first-order valence-electron chi connectivity index (χ1n) is 5.57. The van der Waals surface area contributed by atoms with Crippen molar-refractivity contribution in [3.05, 3.63) is 17.0 Å². The standard InChI is InChI=1S/C11H17ClN4O2/c1-16(2)4-6-18-5-3-13-11-9(7-17)10(12)14-8-15-11/h7-8H,3-6H2,1-2H3,(H,13,14,15). The average Bonchev–Trinajstić information content (AvgIpc) is 2.33. The summed E-state index contributed by atoms with van der Waals surface area (Å²) in [7, 11) is 3.97. The van der Waals surface area contributed by atoms with Crippen LogP contribution in [-0.4, -0.2) is 61.6 Å². The fourth-order valence-electron chi connectivity index (χ4n) is 1.21. The number of aldehydes is 1. The van der Waals surface area contributed by atoms with Crippen molar-refractivity contribution < 1.29 is 9.53 Å². The molecule has 0 unspecified atom stereocenters. The fraction of sp³-hybridized carbons (Fsp3) is 0.545. The number of hydrogen-bond donors (Lipinski definition) is 1. The number of nitrogens with one attached hydrogen (secondary N) is 1. The highest BCUT2D eigenvalue weighted by Crippen LogP contribution is 2.16. The number of aromatic nitrogens is 2. The molecule has 7 heteroatoms. The first kappa shape index (κ1) is 14.8. The Hall–Kier alpha value is -1.24. The lowest BCUT2D eigenvalue weighted by molar-refractivity contribution is 0.112. The van der Waals surface area contributed by atoms with Gasteiger partial charge in [0, 0.05) is 13.1 Å². The van der Waals surface area contributed by atoms with Crippen LogP contribution in [0.2, 0.25) is 5.15 Å². The van der Waals surface area contributed by atoms with Crippen LogP contribution in [0.25, 0.3) is 0 Å². The van der Waals surface area contributed by atoms with Gasteiger partial charge in [-0.2, -0.15) is 0 Å². The summed E-state index contributed by atoms with van der Waals surface area (Å²) in [5.41, 5.74) is 0.271. The van der Waals surface area contributed by atoms with Crippen molar-refractivity contribution in [3.8, 4) is 0 Å². The van der Waals surface area contributed by atoms with E-state index in [9.17, 15) is 4.79 Å². The number of ether oxygens (including phenoxy) is 1. The molecule has 0 saturated heterocycles. The maximum absolute atomic E-state index is 10.8. The molecule has 1 rings (SSSR count). The van der Waals surface area contributed by atoms with Gasteiger partial charge in [0.05, 0.1) is 18.8 Å². The van der Waals surface area contributed by atoms with E-state index < -0.39 is 0 Å². The quantitative estimate of drug-likeness (QED) is 0.431. The van der Waals surface area contributed by atoms with Crippen LogP contribution in [0.3, 0.4) is 0 Å². The van der Waals surface area contributed by atoms with Crippen molar-refractivity contribution in [3.63, 3.8) is 0 Å². The third-order valence-electron chi connectivity index (χ3n) is 2.17. The summed E-state index contributed by atoms with van der Waals surface area (Å²) in [5.74, 6) is 0.432. The van der Waals surface area contributed by atoms with E-state index in [1.54, 1.807) is 0 Å². The monoisotopic (exact) mass is 272 g/mol. The molecule has 100 valence electrons. The van der Waals surface area contributed by atoms with Gasteiger partial charge in [0.25, 0.3) is 0 Å². The Morgan fingerprint density at radius 1 is 1.44 bits per heavy atom. The predicted molar refractivity (Wildman–Crippen MR) is 70.3 cm³/mol. The van der Waals surface area contributed by atoms with E-state index in [-0.39, 0.29) is 10.7 Å². The summed E-state index contributed by atoms with van der Waals surface area (Å²) in [4.78, 5) is 20.5. The molecule has 0 bridgehead atoms. The second-order valence-corrected chi connectivity index (χ2v) is 4.25. The molecule has 0 aliphatic heterocycles. The molecule has 0 saturated carbocycles. The van der Waals surface area contributed by atoms with Crippen LogP contribution in [0.4, 0.5) is 5.82 Å². The van der Waals surface area contributed by atoms with Gasteiger partial charge < -0.3 is 15.0 Å². The van der Waals surface area contributed by atoms with Crippen LogP contribution in [0.5, 0.6) is 0 Å². The Morgan fingerprint density at radius 3 is 2.89 bits per heavy atom. The van der Waals surface area contributed by atoms with E-state index in [0.717, 1.165) is 6.54 Å². The Morgan fingerprint density at radius 2 is 2.22 bits per heavy atom. The fourth-order valence-corrected chi connectivity index (χ4v) is 1.39. The highest BCUT2D eigenvalue weighted by atomic mass is 35.5. The van der Waals surface area contributed by atoms with Gasteiger partial charge in [0.1, 0.15) is 17.3 Å². The van der Waals surface area contributed by atoms with Gasteiger partial charge >= 0.3 is 0 Å². The molecular weight excluding hydrogens is 256 g/mol. The van der Waals surface area contributed by atoms with Crippen molar-refractivity contribution >= 4 is 23.7 Å². The van der Waals surface area contributed by atoms with Gasteiger partial charge in [-0.25, -0.2) is 9.97 Å². The molecule has 0 radical (unpaired) electrons. The lowest BCUT2D eigenvalue weighted by Gasteiger charge is -2.11. The third kappa shape index (κ3) is 4.95. The minimum absolute atomic E-state index is 0.149. The molecule has 0 aromatic carbocycles. The Kier molecular flexibility index (Phi) is 6.56. The lowest BCUT2D eigenvalue weighted by Crippen LogP contribution is -2.20. The summed E-state index contributed by atoms with van der Waals surface area (Å²) in [5, 5.41) is 3.14. The van der Waals surface area contributed by atoms with Crippen molar-refractivity contribution in [2.75, 3.05) is 45.7 Å². The Balaban J connectivity index is 2.31. The van der Waals surface area contributed by atoms with Crippen LogP contribution in [0.1, 0.15) is 10.4 Å². The van der Waals surface area contributed by atoms with Gasteiger partial charge in [-0.1, -0.05) is 11.6 Å². The smallest absolute Gasteiger partial charge is 0.156 e. The van der Waals surface area contributed by atoms with Crippen LogP contribution in [0, 0.1) is 0 Å². The molecule has 1 aromatic heterocycles. The van der Waals surface area contributed by atoms with E-state index >= 15 is 0 Å². The third-order valence-corrected chi connectivity index (χ3v) is 2.48. The van der Waals surface area contributed by atoms with Gasteiger partial charge in [-0.05, 0) is 14.1 Å². The molecule has 0 spiro atoms. The summed E-state index contributed by atoms with van der Waals surface area (Å²) < 4.78 is 5.40. The van der Waals surface area contributed by atoms with Crippen LogP contribution < -0.4 is 5.32 Å². The largest absolute Gasteiger partial charge is 0.378 e. The molecule has 18 heavy (non-hydrogen) atoms. The Labute approximate surface area is 111 Å². The highest BCUT2D eigenvalue weighted by Gasteiger charge is 2.07. The number of anilines is 1. The minimum atomic E-state index is 0.149. The molecular formula is C11H17ClN4O2. The molecule has 0 amide bonds. The summed E-state index contributed by atoms with van der Waals surface area (Å²) in [6.07, 6.45) is 1.95. The van der Waals surface area contributed by atoms with E-state index in [1.165, 1.54) is 6.33 Å². The number of carbonyl (C=O) groups excluding carboxylic acids is 1. The number of hydrogen-bond acceptors (Lipinski definition) is 6. The summed E-state index contributed by atoms with van der Waals surface area (Å²) in [6.45, 7) is 2.63. The maximum Gasteiger partial charge on any atom is 0.156 e. The van der Waals surface area contributed by atoms with Gasteiger partial charge in [0.2, 0.25) is 0 Å². The highest BCUT2D eigenvalue weighted by molar-refractivity contribution is 6.32. The number of nitrogens with zero attached hydrogens (tertiary/aromatic N) is 3. The first-order valence-corrected chi connectivity index (χ1v) is 5.95. The minimum Gasteiger partial charge on any atom is -0.378 e. The number of likely N-dealkylation sites (N-methyl/N-ethyl adjacent to an activating group) is 1. The normalized spacial score (nSPS) is 10.7. The SMILES string of the molecule is CN(C)CCOCCNc1ncnc(Cl)c1C=O. The Bertz CT molecular complexity index is 387. The molecule has 1 N–H and O–H groups in total. The predicted octanol–water partition coefficient (Wildman–Crippen LogP) is 0.933. The van der Waals surface area contributed by atoms with Crippen molar-refractivity contribution in [2.24, 2.45) is 0 Å². The first-order chi connectivity index (χ1) is 8.65. The van der Waals surface area contributed by atoms with Crippen molar-refractivity contribution in [1.29, 1.82) is 0 Å². The molecule has 1 heterocycles. The van der Waals surface area contributed by atoms with E-state index in [4.69, 9.17) is 16.3 Å². The van der Waals surface area contributed by atoms with Gasteiger partial charge in [-0.3, -0.25) is 4.79 Å².